The molecule has 0 aliphatic rings. The summed E-state index contributed by atoms with van der Waals surface area (Å²) in [6.07, 6.45) is 0.120. The maximum absolute atomic E-state index is 11.4. The molecule has 0 heterocycles. The zero-order chi connectivity index (χ0) is 12.1. The molecule has 1 unspecified atom stereocenters. The maximum atomic E-state index is 11.4. The molecule has 0 bridgehead atoms. The third-order valence-electron chi connectivity index (χ3n) is 1.70. The standard InChI is InChI=1S/C10H18BrNO3/c1-5-8(13)12-6-7(2)15-9(14)10(3,4)11/h7H,5-6H2,1-4H3,(H,12,13). The van der Waals surface area contributed by atoms with Gasteiger partial charge in [-0.25, -0.2) is 0 Å². The number of nitrogens with one attached hydrogen (secondary N) is 1. The summed E-state index contributed by atoms with van der Waals surface area (Å²) in [6.45, 7) is 7.29. The third-order valence-corrected chi connectivity index (χ3v) is 2.03. The van der Waals surface area contributed by atoms with E-state index in [1.54, 1.807) is 27.7 Å². The van der Waals surface area contributed by atoms with Crippen molar-refractivity contribution in [2.45, 2.75) is 44.5 Å². The predicted molar refractivity (Wildman–Crippen MR) is 61.9 cm³/mol. The summed E-state index contributed by atoms with van der Waals surface area (Å²) >= 11 is 3.20. The summed E-state index contributed by atoms with van der Waals surface area (Å²) < 4.78 is 4.42. The van der Waals surface area contributed by atoms with Crippen molar-refractivity contribution in [3.8, 4) is 0 Å². The summed E-state index contributed by atoms with van der Waals surface area (Å²) in [5.74, 6) is -0.378. The van der Waals surface area contributed by atoms with Gasteiger partial charge in [-0.2, -0.15) is 0 Å². The van der Waals surface area contributed by atoms with Gasteiger partial charge in [0.15, 0.2) is 0 Å². The summed E-state index contributed by atoms with van der Waals surface area (Å²) in [7, 11) is 0. The highest BCUT2D eigenvalue weighted by atomic mass is 79.9. The van der Waals surface area contributed by atoms with Crippen molar-refractivity contribution < 1.29 is 14.3 Å². The molecule has 0 rings (SSSR count). The molecule has 1 N–H and O–H groups in total. The lowest BCUT2D eigenvalue weighted by molar-refractivity contribution is -0.150. The van der Waals surface area contributed by atoms with E-state index in [0.29, 0.717) is 13.0 Å². The SMILES string of the molecule is CCC(=O)NCC(C)OC(=O)C(C)(C)Br. The van der Waals surface area contributed by atoms with E-state index in [4.69, 9.17) is 4.74 Å². The molecule has 88 valence electrons. The van der Waals surface area contributed by atoms with E-state index in [-0.39, 0.29) is 18.0 Å². The number of amides is 1. The van der Waals surface area contributed by atoms with Crippen LogP contribution in [0.2, 0.25) is 0 Å². The number of ether oxygens (including phenoxy) is 1. The lowest BCUT2D eigenvalue weighted by Crippen LogP contribution is -2.36. The van der Waals surface area contributed by atoms with E-state index < -0.39 is 4.32 Å². The zero-order valence-corrected chi connectivity index (χ0v) is 11.2. The number of carbonyl (C=O) groups excluding carboxylic acids is 2. The van der Waals surface area contributed by atoms with E-state index >= 15 is 0 Å². The van der Waals surface area contributed by atoms with Gasteiger partial charge in [0.05, 0.1) is 6.54 Å². The largest absolute Gasteiger partial charge is 0.460 e. The van der Waals surface area contributed by atoms with Crippen LogP contribution >= 0.6 is 15.9 Å². The quantitative estimate of drug-likeness (QED) is 0.615. The minimum absolute atomic E-state index is 0.0454. The number of rotatable bonds is 5. The molecule has 0 saturated heterocycles. The summed E-state index contributed by atoms with van der Waals surface area (Å²) in [4.78, 5) is 22.3. The molecule has 4 nitrogen and oxygen atoms in total. The van der Waals surface area contributed by atoms with Crippen molar-refractivity contribution in [3.05, 3.63) is 0 Å². The number of alkyl halides is 1. The van der Waals surface area contributed by atoms with Crippen molar-refractivity contribution in [3.63, 3.8) is 0 Å². The molecule has 0 aliphatic carbocycles. The van der Waals surface area contributed by atoms with E-state index in [0.717, 1.165) is 0 Å². The van der Waals surface area contributed by atoms with Crippen LogP contribution in [0.4, 0.5) is 0 Å². The first-order chi connectivity index (χ1) is 6.77. The molecule has 5 heteroatoms. The van der Waals surface area contributed by atoms with E-state index in [2.05, 4.69) is 21.2 Å². The Kier molecular flexibility index (Phi) is 5.87. The molecule has 0 aliphatic heterocycles. The van der Waals surface area contributed by atoms with Gasteiger partial charge in [-0.05, 0) is 20.8 Å². The number of esters is 1. The van der Waals surface area contributed by atoms with Crippen LogP contribution in [-0.4, -0.2) is 28.8 Å². The molecule has 15 heavy (non-hydrogen) atoms. The van der Waals surface area contributed by atoms with Gasteiger partial charge in [-0.3, -0.25) is 9.59 Å². The molecule has 0 spiro atoms. The van der Waals surface area contributed by atoms with Gasteiger partial charge in [0.1, 0.15) is 10.4 Å². The first-order valence-electron chi connectivity index (χ1n) is 4.94. The second-order valence-corrected chi connectivity index (χ2v) is 5.83. The Morgan fingerprint density at radius 3 is 2.40 bits per heavy atom. The van der Waals surface area contributed by atoms with Gasteiger partial charge in [0.2, 0.25) is 5.91 Å². The second-order valence-electron chi connectivity index (χ2n) is 3.85. The fraction of sp³-hybridized carbons (Fsp3) is 0.800. The molecule has 1 atom stereocenters. The van der Waals surface area contributed by atoms with Gasteiger partial charge in [-0.1, -0.05) is 22.9 Å². The first kappa shape index (κ1) is 14.4. The zero-order valence-electron chi connectivity index (χ0n) is 9.59. The van der Waals surface area contributed by atoms with Crippen LogP contribution in [0.1, 0.15) is 34.1 Å². The van der Waals surface area contributed by atoms with Crippen LogP contribution in [0, 0.1) is 0 Å². The topological polar surface area (TPSA) is 55.4 Å². The first-order valence-corrected chi connectivity index (χ1v) is 5.73. The Morgan fingerprint density at radius 2 is 2.00 bits per heavy atom. The molecular formula is C10H18BrNO3. The van der Waals surface area contributed by atoms with Crippen LogP contribution in [0.15, 0.2) is 0 Å². The van der Waals surface area contributed by atoms with Crippen LogP contribution in [-0.2, 0) is 14.3 Å². The minimum Gasteiger partial charge on any atom is -0.460 e. The van der Waals surface area contributed by atoms with E-state index in [1.165, 1.54) is 0 Å². The van der Waals surface area contributed by atoms with Crippen LogP contribution < -0.4 is 5.32 Å². The fourth-order valence-electron chi connectivity index (χ4n) is 0.747. The Hall–Kier alpha value is -0.580. The molecule has 0 fully saturated rings. The Labute approximate surface area is 98.9 Å². The van der Waals surface area contributed by atoms with Gasteiger partial charge in [-0.15, -0.1) is 0 Å². The lowest BCUT2D eigenvalue weighted by atomic mass is 10.2. The third kappa shape index (κ3) is 6.49. The Balaban J connectivity index is 3.89. The van der Waals surface area contributed by atoms with Gasteiger partial charge >= 0.3 is 5.97 Å². The highest BCUT2D eigenvalue weighted by Crippen LogP contribution is 2.18. The predicted octanol–water partition coefficient (Wildman–Crippen LogP) is 1.62. The fourth-order valence-corrected chi connectivity index (χ4v) is 0.841. The van der Waals surface area contributed by atoms with Crippen LogP contribution in [0.5, 0.6) is 0 Å². The van der Waals surface area contributed by atoms with Crippen molar-refractivity contribution in [1.29, 1.82) is 0 Å². The average Bonchev–Trinajstić information content (AvgIpc) is 2.12. The molecule has 0 radical (unpaired) electrons. The van der Waals surface area contributed by atoms with Crippen molar-refractivity contribution in [2.24, 2.45) is 0 Å². The van der Waals surface area contributed by atoms with Crippen molar-refractivity contribution in [2.75, 3.05) is 6.54 Å². The Bertz CT molecular complexity index is 235. The van der Waals surface area contributed by atoms with Gasteiger partial charge < -0.3 is 10.1 Å². The lowest BCUT2D eigenvalue weighted by Gasteiger charge is -2.19. The average molecular weight is 280 g/mol. The molecule has 0 aromatic heterocycles. The molecular weight excluding hydrogens is 262 g/mol. The molecule has 0 aromatic carbocycles. The summed E-state index contributed by atoms with van der Waals surface area (Å²) in [5.41, 5.74) is 0. The normalized spacial score (nSPS) is 13.1. The van der Waals surface area contributed by atoms with Crippen LogP contribution in [0.3, 0.4) is 0 Å². The summed E-state index contributed by atoms with van der Waals surface area (Å²) in [5, 5.41) is 2.66. The molecule has 0 aromatic rings. The molecule has 0 saturated carbocycles. The maximum Gasteiger partial charge on any atom is 0.322 e. The highest BCUT2D eigenvalue weighted by Gasteiger charge is 2.27. The van der Waals surface area contributed by atoms with E-state index in [9.17, 15) is 9.59 Å². The van der Waals surface area contributed by atoms with Crippen LogP contribution in [0.25, 0.3) is 0 Å². The minimum atomic E-state index is -0.684. The number of carbonyl (C=O) groups is 2. The highest BCUT2D eigenvalue weighted by molar-refractivity contribution is 9.10. The Morgan fingerprint density at radius 1 is 1.47 bits per heavy atom. The number of halogens is 1. The van der Waals surface area contributed by atoms with Crippen molar-refractivity contribution >= 4 is 27.8 Å². The number of hydrogen-bond donors (Lipinski definition) is 1. The van der Waals surface area contributed by atoms with E-state index in [1.807, 2.05) is 0 Å². The smallest absolute Gasteiger partial charge is 0.322 e. The van der Waals surface area contributed by atoms with Crippen molar-refractivity contribution in [1.82, 2.24) is 5.32 Å². The van der Waals surface area contributed by atoms with Gasteiger partial charge in [0, 0.05) is 6.42 Å². The van der Waals surface area contributed by atoms with Gasteiger partial charge in [0.25, 0.3) is 0 Å². The second kappa shape index (κ2) is 6.10. The molecule has 1 amide bonds. The summed E-state index contributed by atoms with van der Waals surface area (Å²) in [6, 6.07) is 0. The number of hydrogen-bond acceptors (Lipinski definition) is 3. The monoisotopic (exact) mass is 279 g/mol.